The number of hydrogen-bond acceptors (Lipinski definition) is 6. The van der Waals surface area contributed by atoms with Crippen molar-refractivity contribution >= 4 is 5.82 Å². The summed E-state index contributed by atoms with van der Waals surface area (Å²) in [4.78, 5) is 4.44. The van der Waals surface area contributed by atoms with Gasteiger partial charge in [0.1, 0.15) is 34.7 Å². The van der Waals surface area contributed by atoms with Gasteiger partial charge >= 0.3 is 0 Å². The highest BCUT2D eigenvalue weighted by molar-refractivity contribution is 5.84. The highest BCUT2D eigenvalue weighted by atomic mass is 16.5. The molecule has 6 heteroatoms. The number of nitrogens with zero attached hydrogens (tertiary/aromatic N) is 2. The van der Waals surface area contributed by atoms with Gasteiger partial charge in [-0.3, -0.25) is 0 Å². The maximum absolute atomic E-state index is 9.67. The van der Waals surface area contributed by atoms with E-state index >= 15 is 0 Å². The highest BCUT2D eigenvalue weighted by Crippen LogP contribution is 2.39. The Balaban J connectivity index is 2.28. The lowest BCUT2D eigenvalue weighted by atomic mass is 9.97. The van der Waals surface area contributed by atoms with E-state index in [9.17, 15) is 5.26 Å². The van der Waals surface area contributed by atoms with Gasteiger partial charge < -0.3 is 19.9 Å². The van der Waals surface area contributed by atoms with Gasteiger partial charge in [0.2, 0.25) is 0 Å². The summed E-state index contributed by atoms with van der Waals surface area (Å²) in [5, 5.41) is 9.67. The van der Waals surface area contributed by atoms with E-state index in [1.807, 2.05) is 43.3 Å². The molecular weight excluding hydrogens is 354 g/mol. The highest BCUT2D eigenvalue weighted by Gasteiger charge is 2.18. The summed E-state index contributed by atoms with van der Waals surface area (Å²) >= 11 is 0. The van der Waals surface area contributed by atoms with Gasteiger partial charge in [0.15, 0.2) is 0 Å². The van der Waals surface area contributed by atoms with E-state index in [2.05, 4.69) is 11.1 Å². The van der Waals surface area contributed by atoms with E-state index in [-0.39, 0.29) is 5.82 Å². The monoisotopic (exact) mass is 375 g/mol. The molecule has 0 amide bonds. The second-order valence-electron chi connectivity index (χ2n) is 5.92. The van der Waals surface area contributed by atoms with Crippen molar-refractivity contribution in [3.05, 3.63) is 54.1 Å². The number of nitriles is 1. The van der Waals surface area contributed by atoms with Gasteiger partial charge in [-0.05, 0) is 37.3 Å². The fourth-order valence-corrected chi connectivity index (χ4v) is 3.02. The number of ether oxygens (including phenoxy) is 3. The molecule has 28 heavy (non-hydrogen) atoms. The number of rotatable bonds is 6. The molecule has 2 aromatic carbocycles. The predicted octanol–water partition coefficient (Wildman–Crippen LogP) is 4.29. The molecule has 2 N–H and O–H groups in total. The fourth-order valence-electron chi connectivity index (χ4n) is 3.02. The molecule has 0 aliphatic rings. The number of nitrogens with two attached hydrogens (primary N) is 1. The third-order valence-electron chi connectivity index (χ3n) is 4.32. The van der Waals surface area contributed by atoms with Gasteiger partial charge in [-0.1, -0.05) is 18.2 Å². The van der Waals surface area contributed by atoms with Crippen molar-refractivity contribution in [2.75, 3.05) is 26.6 Å². The molecule has 1 aromatic heterocycles. The van der Waals surface area contributed by atoms with Crippen LogP contribution < -0.4 is 19.9 Å². The Morgan fingerprint density at radius 3 is 2.43 bits per heavy atom. The van der Waals surface area contributed by atoms with E-state index in [4.69, 9.17) is 19.9 Å². The van der Waals surface area contributed by atoms with Gasteiger partial charge in [0, 0.05) is 16.7 Å². The molecule has 1 heterocycles. The van der Waals surface area contributed by atoms with Crippen LogP contribution in [-0.2, 0) is 0 Å². The van der Waals surface area contributed by atoms with E-state index in [1.54, 1.807) is 26.4 Å². The quantitative estimate of drug-likeness (QED) is 0.691. The zero-order valence-electron chi connectivity index (χ0n) is 16.0. The molecule has 3 rings (SSSR count). The van der Waals surface area contributed by atoms with Crippen molar-refractivity contribution in [2.24, 2.45) is 0 Å². The third kappa shape index (κ3) is 3.55. The lowest BCUT2D eigenvalue weighted by Crippen LogP contribution is -2.02. The number of anilines is 1. The average Bonchev–Trinajstić information content (AvgIpc) is 2.73. The number of para-hydroxylation sites is 1. The molecular formula is C22H21N3O3. The maximum Gasteiger partial charge on any atom is 0.142 e. The number of pyridine rings is 1. The summed E-state index contributed by atoms with van der Waals surface area (Å²) in [6, 6.07) is 17.0. The van der Waals surface area contributed by atoms with Crippen molar-refractivity contribution in [3.63, 3.8) is 0 Å². The standard InChI is InChI=1S/C22H21N3O3/c1-4-28-21-8-6-5-7-15(21)16-12-19(25-22(24)18(16)13-23)17-11-14(26-2)9-10-20(17)27-3/h5-12H,4H2,1-3H3,(H2,24,25). The molecule has 0 saturated carbocycles. The minimum Gasteiger partial charge on any atom is -0.497 e. The molecule has 0 spiro atoms. The minimum atomic E-state index is 0.145. The summed E-state index contributed by atoms with van der Waals surface area (Å²) in [7, 11) is 3.18. The predicted molar refractivity (Wildman–Crippen MR) is 109 cm³/mol. The second-order valence-corrected chi connectivity index (χ2v) is 5.92. The van der Waals surface area contributed by atoms with Crippen molar-refractivity contribution in [1.29, 1.82) is 5.26 Å². The number of hydrogen-bond donors (Lipinski definition) is 1. The SMILES string of the molecule is CCOc1ccccc1-c1cc(-c2cc(OC)ccc2OC)nc(N)c1C#N. The van der Waals surface area contributed by atoms with Crippen molar-refractivity contribution in [1.82, 2.24) is 4.98 Å². The molecule has 0 aliphatic carbocycles. The largest absolute Gasteiger partial charge is 0.497 e. The molecule has 0 saturated heterocycles. The second kappa shape index (κ2) is 8.31. The van der Waals surface area contributed by atoms with Gasteiger partial charge in [0.25, 0.3) is 0 Å². The summed E-state index contributed by atoms with van der Waals surface area (Å²) in [5.41, 5.74) is 9.17. The molecule has 0 atom stereocenters. The van der Waals surface area contributed by atoms with Gasteiger partial charge in [-0.2, -0.15) is 5.26 Å². The van der Waals surface area contributed by atoms with E-state index in [1.165, 1.54) is 0 Å². The zero-order chi connectivity index (χ0) is 20.1. The Morgan fingerprint density at radius 1 is 0.964 bits per heavy atom. The van der Waals surface area contributed by atoms with Crippen LogP contribution in [-0.4, -0.2) is 25.8 Å². The average molecular weight is 375 g/mol. The Labute approximate surface area is 164 Å². The molecule has 6 nitrogen and oxygen atoms in total. The number of benzene rings is 2. The first-order chi connectivity index (χ1) is 13.6. The molecule has 0 fully saturated rings. The van der Waals surface area contributed by atoms with Crippen LogP contribution in [0.2, 0.25) is 0 Å². The molecule has 3 aromatic rings. The number of methoxy groups -OCH3 is 2. The lowest BCUT2D eigenvalue weighted by Gasteiger charge is -2.15. The lowest BCUT2D eigenvalue weighted by molar-refractivity contribution is 0.341. The van der Waals surface area contributed by atoms with Crippen molar-refractivity contribution in [2.45, 2.75) is 6.92 Å². The van der Waals surface area contributed by atoms with Crippen LogP contribution in [0.3, 0.4) is 0 Å². The van der Waals surface area contributed by atoms with Crippen LogP contribution in [0.5, 0.6) is 17.2 Å². The van der Waals surface area contributed by atoms with Crippen LogP contribution in [0.4, 0.5) is 5.82 Å². The van der Waals surface area contributed by atoms with E-state index in [0.717, 1.165) is 5.56 Å². The summed E-state index contributed by atoms with van der Waals surface area (Å²) < 4.78 is 16.5. The first-order valence-corrected chi connectivity index (χ1v) is 8.78. The molecule has 0 radical (unpaired) electrons. The third-order valence-corrected chi connectivity index (χ3v) is 4.32. The van der Waals surface area contributed by atoms with E-state index in [0.29, 0.717) is 46.2 Å². The number of aromatic nitrogens is 1. The van der Waals surface area contributed by atoms with Crippen LogP contribution in [0.25, 0.3) is 22.4 Å². The van der Waals surface area contributed by atoms with Crippen LogP contribution >= 0.6 is 0 Å². The number of nitrogen functional groups attached to an aromatic ring is 1. The van der Waals surface area contributed by atoms with Gasteiger partial charge in [-0.25, -0.2) is 4.98 Å². The summed E-state index contributed by atoms with van der Waals surface area (Å²) in [6.07, 6.45) is 0. The van der Waals surface area contributed by atoms with Gasteiger partial charge in [0.05, 0.1) is 26.5 Å². The Kier molecular flexibility index (Phi) is 5.66. The van der Waals surface area contributed by atoms with Crippen molar-refractivity contribution in [3.8, 4) is 45.7 Å². The first kappa shape index (κ1) is 19.1. The first-order valence-electron chi connectivity index (χ1n) is 8.78. The van der Waals surface area contributed by atoms with Crippen LogP contribution in [0.15, 0.2) is 48.5 Å². The summed E-state index contributed by atoms with van der Waals surface area (Å²) in [6.45, 7) is 2.42. The maximum atomic E-state index is 9.67. The molecule has 0 unspecified atom stereocenters. The fraction of sp³-hybridized carbons (Fsp3) is 0.182. The van der Waals surface area contributed by atoms with Crippen molar-refractivity contribution < 1.29 is 14.2 Å². The van der Waals surface area contributed by atoms with Crippen LogP contribution in [0, 0.1) is 11.3 Å². The molecule has 0 bridgehead atoms. The molecule has 0 aliphatic heterocycles. The van der Waals surface area contributed by atoms with E-state index < -0.39 is 0 Å². The van der Waals surface area contributed by atoms with Gasteiger partial charge in [-0.15, -0.1) is 0 Å². The minimum absolute atomic E-state index is 0.145. The topological polar surface area (TPSA) is 90.4 Å². The normalized spacial score (nSPS) is 10.2. The Bertz CT molecular complexity index is 1040. The smallest absolute Gasteiger partial charge is 0.142 e. The molecule has 142 valence electrons. The Morgan fingerprint density at radius 2 is 1.75 bits per heavy atom. The zero-order valence-corrected chi connectivity index (χ0v) is 16.0. The Hall–Kier alpha value is -3.72. The summed E-state index contributed by atoms with van der Waals surface area (Å²) in [5.74, 6) is 2.11. The van der Waals surface area contributed by atoms with Crippen LogP contribution in [0.1, 0.15) is 12.5 Å².